The number of hydrogen-bond donors (Lipinski definition) is 0. The van der Waals surface area contributed by atoms with E-state index in [0.717, 1.165) is 44.3 Å². The number of morpholine rings is 1. The maximum atomic E-state index is 5.44. The second-order valence-corrected chi connectivity index (χ2v) is 5.86. The number of rotatable bonds is 3. The average Bonchev–Trinajstić information content (AvgIpc) is 2.39. The molecule has 0 bridgehead atoms. The zero-order valence-electron chi connectivity index (χ0n) is 11.7. The van der Waals surface area contributed by atoms with Crippen LogP contribution in [0.5, 0.6) is 0 Å². The largest absolute Gasteiger partial charge is 0.379 e. The van der Waals surface area contributed by atoms with Crippen molar-refractivity contribution in [2.45, 2.75) is 45.7 Å². The molecule has 0 amide bonds. The van der Waals surface area contributed by atoms with Gasteiger partial charge in [-0.15, -0.1) is 0 Å². The van der Waals surface area contributed by atoms with Crippen molar-refractivity contribution in [3.8, 4) is 0 Å². The predicted molar refractivity (Wildman–Crippen MR) is 71.3 cm³/mol. The summed E-state index contributed by atoms with van der Waals surface area (Å²) in [5, 5.41) is 0. The molecule has 0 N–H and O–H groups in total. The van der Waals surface area contributed by atoms with Crippen LogP contribution in [0.15, 0.2) is 0 Å². The minimum Gasteiger partial charge on any atom is -0.379 e. The molecule has 100 valence electrons. The van der Waals surface area contributed by atoms with Crippen LogP contribution in [0, 0.1) is 5.92 Å². The molecule has 0 saturated carbocycles. The molecule has 0 aliphatic carbocycles. The van der Waals surface area contributed by atoms with Crippen molar-refractivity contribution in [3.05, 3.63) is 0 Å². The normalized spacial score (nSPS) is 27.5. The molecule has 0 spiro atoms. The molecular formula is C14H28N2O. The Bertz CT molecular complexity index is 218. The summed E-state index contributed by atoms with van der Waals surface area (Å²) in [5.41, 5.74) is 0. The van der Waals surface area contributed by atoms with Crippen LogP contribution in [0.4, 0.5) is 0 Å². The molecule has 0 aromatic carbocycles. The Morgan fingerprint density at radius 1 is 0.882 bits per heavy atom. The van der Waals surface area contributed by atoms with Crippen molar-refractivity contribution in [1.82, 2.24) is 9.80 Å². The minimum atomic E-state index is 0.717. The van der Waals surface area contributed by atoms with E-state index in [4.69, 9.17) is 4.74 Å². The van der Waals surface area contributed by atoms with Gasteiger partial charge in [-0.25, -0.2) is 0 Å². The van der Waals surface area contributed by atoms with Crippen LogP contribution in [0.3, 0.4) is 0 Å². The van der Waals surface area contributed by atoms with Gasteiger partial charge in [0.05, 0.1) is 13.2 Å². The molecule has 2 rings (SSSR count). The summed E-state index contributed by atoms with van der Waals surface area (Å²) in [7, 11) is 0. The Balaban J connectivity index is 1.79. The highest BCUT2D eigenvalue weighted by atomic mass is 16.5. The molecule has 0 aromatic heterocycles. The summed E-state index contributed by atoms with van der Waals surface area (Å²) in [4.78, 5) is 5.24. The van der Waals surface area contributed by atoms with E-state index < -0.39 is 0 Å². The summed E-state index contributed by atoms with van der Waals surface area (Å²) in [6.07, 6.45) is 2.74. The van der Waals surface area contributed by atoms with Crippen LogP contribution >= 0.6 is 0 Å². The summed E-state index contributed by atoms with van der Waals surface area (Å²) >= 11 is 0. The molecule has 0 radical (unpaired) electrons. The van der Waals surface area contributed by atoms with E-state index in [1.54, 1.807) is 0 Å². The molecule has 2 aliphatic heterocycles. The van der Waals surface area contributed by atoms with Crippen molar-refractivity contribution < 1.29 is 4.74 Å². The molecule has 0 unspecified atom stereocenters. The Morgan fingerprint density at radius 2 is 1.47 bits per heavy atom. The van der Waals surface area contributed by atoms with Crippen molar-refractivity contribution in [1.29, 1.82) is 0 Å². The lowest BCUT2D eigenvalue weighted by atomic mass is 9.88. The van der Waals surface area contributed by atoms with E-state index in [1.165, 1.54) is 25.9 Å². The van der Waals surface area contributed by atoms with Crippen LogP contribution < -0.4 is 0 Å². The third-order valence-corrected chi connectivity index (χ3v) is 4.61. The monoisotopic (exact) mass is 240 g/mol. The highest BCUT2D eigenvalue weighted by molar-refractivity contribution is 4.83. The van der Waals surface area contributed by atoms with Gasteiger partial charge in [-0.2, -0.15) is 0 Å². The molecule has 17 heavy (non-hydrogen) atoms. The van der Waals surface area contributed by atoms with E-state index in [2.05, 4.69) is 30.6 Å². The quantitative estimate of drug-likeness (QED) is 0.748. The molecular weight excluding hydrogens is 212 g/mol. The third-order valence-electron chi connectivity index (χ3n) is 4.61. The Labute approximate surface area is 106 Å². The van der Waals surface area contributed by atoms with Crippen molar-refractivity contribution in [3.63, 3.8) is 0 Å². The van der Waals surface area contributed by atoms with E-state index >= 15 is 0 Å². The zero-order chi connectivity index (χ0) is 12.3. The topological polar surface area (TPSA) is 15.7 Å². The van der Waals surface area contributed by atoms with Crippen LogP contribution in [-0.4, -0.2) is 61.3 Å². The van der Waals surface area contributed by atoms with Crippen molar-refractivity contribution >= 4 is 0 Å². The van der Waals surface area contributed by atoms with E-state index in [0.29, 0.717) is 0 Å². The van der Waals surface area contributed by atoms with Gasteiger partial charge < -0.3 is 9.64 Å². The molecule has 0 aromatic rings. The fourth-order valence-corrected chi connectivity index (χ4v) is 3.20. The van der Waals surface area contributed by atoms with Crippen LogP contribution in [0.2, 0.25) is 0 Å². The molecule has 2 heterocycles. The van der Waals surface area contributed by atoms with Crippen LogP contribution in [0.25, 0.3) is 0 Å². The Kier molecular flexibility index (Phi) is 4.83. The Morgan fingerprint density at radius 3 is 2.00 bits per heavy atom. The van der Waals surface area contributed by atoms with Gasteiger partial charge in [0.1, 0.15) is 0 Å². The van der Waals surface area contributed by atoms with Crippen LogP contribution in [0.1, 0.15) is 33.6 Å². The summed E-state index contributed by atoms with van der Waals surface area (Å²) in [6.45, 7) is 13.7. The van der Waals surface area contributed by atoms with E-state index in [1.807, 2.05) is 0 Å². The van der Waals surface area contributed by atoms with Gasteiger partial charge in [-0.1, -0.05) is 0 Å². The second-order valence-electron chi connectivity index (χ2n) is 5.86. The van der Waals surface area contributed by atoms with Gasteiger partial charge >= 0.3 is 0 Å². The lowest BCUT2D eigenvalue weighted by molar-refractivity contribution is -0.00312. The maximum Gasteiger partial charge on any atom is 0.0594 e. The first kappa shape index (κ1) is 13.3. The number of hydrogen-bond acceptors (Lipinski definition) is 3. The predicted octanol–water partition coefficient (Wildman–Crippen LogP) is 1.83. The molecule has 2 saturated heterocycles. The first-order valence-corrected chi connectivity index (χ1v) is 7.24. The molecule has 2 aliphatic rings. The molecule has 1 atom stereocenters. The number of piperidine rings is 1. The number of ether oxygens (including phenoxy) is 1. The SMILES string of the molecule is CC(C)N1CCC([C@@H](C)N2CCOCC2)CC1. The third kappa shape index (κ3) is 3.43. The summed E-state index contributed by atoms with van der Waals surface area (Å²) < 4.78 is 5.44. The number of nitrogens with zero attached hydrogens (tertiary/aromatic N) is 2. The smallest absolute Gasteiger partial charge is 0.0594 e. The van der Waals surface area contributed by atoms with Crippen molar-refractivity contribution in [2.75, 3.05) is 39.4 Å². The van der Waals surface area contributed by atoms with Crippen LogP contribution in [-0.2, 0) is 4.74 Å². The zero-order valence-corrected chi connectivity index (χ0v) is 11.7. The lowest BCUT2D eigenvalue weighted by Crippen LogP contribution is -2.49. The molecule has 3 nitrogen and oxygen atoms in total. The standard InChI is InChI=1S/C14H28N2O/c1-12(2)15-6-4-14(5-7-15)13(3)16-8-10-17-11-9-16/h12-14H,4-11H2,1-3H3/t13-/m1/s1. The van der Waals surface area contributed by atoms with E-state index in [-0.39, 0.29) is 0 Å². The first-order valence-electron chi connectivity index (χ1n) is 7.24. The fraction of sp³-hybridized carbons (Fsp3) is 1.00. The summed E-state index contributed by atoms with van der Waals surface area (Å²) in [6, 6.07) is 1.46. The Hall–Kier alpha value is -0.120. The second kappa shape index (κ2) is 6.17. The summed E-state index contributed by atoms with van der Waals surface area (Å²) in [5.74, 6) is 0.892. The fourth-order valence-electron chi connectivity index (χ4n) is 3.20. The van der Waals surface area contributed by atoms with Gasteiger partial charge in [0.25, 0.3) is 0 Å². The molecule has 3 heteroatoms. The lowest BCUT2D eigenvalue weighted by Gasteiger charge is -2.42. The van der Waals surface area contributed by atoms with Gasteiger partial charge in [-0.05, 0) is 52.6 Å². The van der Waals surface area contributed by atoms with Crippen molar-refractivity contribution in [2.24, 2.45) is 5.92 Å². The van der Waals surface area contributed by atoms with E-state index in [9.17, 15) is 0 Å². The number of likely N-dealkylation sites (tertiary alicyclic amines) is 1. The van der Waals surface area contributed by atoms with Gasteiger partial charge in [0.2, 0.25) is 0 Å². The van der Waals surface area contributed by atoms with Gasteiger partial charge in [0, 0.05) is 25.2 Å². The van der Waals surface area contributed by atoms with Gasteiger partial charge in [0.15, 0.2) is 0 Å². The van der Waals surface area contributed by atoms with Gasteiger partial charge in [-0.3, -0.25) is 4.90 Å². The minimum absolute atomic E-state index is 0.717. The average molecular weight is 240 g/mol. The molecule has 2 fully saturated rings. The highest BCUT2D eigenvalue weighted by Gasteiger charge is 2.28. The maximum absolute atomic E-state index is 5.44. The highest BCUT2D eigenvalue weighted by Crippen LogP contribution is 2.25. The first-order chi connectivity index (χ1) is 8.18.